The molecule has 21 heavy (non-hydrogen) atoms. The van der Waals surface area contributed by atoms with E-state index in [9.17, 15) is 0 Å². The molecular weight excluding hydrogens is 282 g/mol. The van der Waals surface area contributed by atoms with Crippen LogP contribution in [0.2, 0.25) is 5.02 Å². The first-order chi connectivity index (χ1) is 10.2. The van der Waals surface area contributed by atoms with Crippen LogP contribution in [0.25, 0.3) is 0 Å². The van der Waals surface area contributed by atoms with Gasteiger partial charge in [0, 0.05) is 10.6 Å². The molecule has 0 aromatic heterocycles. The Labute approximate surface area is 132 Å². The number of nitrogens with one attached hydrogen (secondary N) is 1. The third-order valence-electron chi connectivity index (χ3n) is 3.47. The number of hydrogen-bond donors (Lipinski definition) is 1. The van der Waals surface area contributed by atoms with Crippen molar-refractivity contribution in [2.45, 2.75) is 26.8 Å². The van der Waals surface area contributed by atoms with Crippen molar-refractivity contribution < 1.29 is 4.74 Å². The van der Waals surface area contributed by atoms with Crippen molar-refractivity contribution in [2.24, 2.45) is 0 Å². The summed E-state index contributed by atoms with van der Waals surface area (Å²) in [5.41, 5.74) is 3.38. The smallest absolute Gasteiger partial charge is 0.124 e. The van der Waals surface area contributed by atoms with E-state index in [1.165, 1.54) is 0 Å². The second kappa shape index (κ2) is 7.48. The molecule has 0 aliphatic rings. The molecule has 2 aromatic rings. The fourth-order valence-corrected chi connectivity index (χ4v) is 2.60. The number of aryl methyl sites for hydroxylation is 1. The summed E-state index contributed by atoms with van der Waals surface area (Å²) < 4.78 is 5.77. The van der Waals surface area contributed by atoms with Crippen molar-refractivity contribution in [1.82, 2.24) is 5.32 Å². The molecule has 0 saturated heterocycles. The van der Waals surface area contributed by atoms with Crippen LogP contribution in [0.4, 0.5) is 0 Å². The van der Waals surface area contributed by atoms with Gasteiger partial charge in [0.2, 0.25) is 0 Å². The molecule has 0 spiro atoms. The summed E-state index contributed by atoms with van der Waals surface area (Å²) >= 11 is 6.29. The van der Waals surface area contributed by atoms with Crippen molar-refractivity contribution in [3.63, 3.8) is 0 Å². The Hall–Kier alpha value is -1.51. The number of hydrogen-bond acceptors (Lipinski definition) is 2. The summed E-state index contributed by atoms with van der Waals surface area (Å²) in [4.78, 5) is 0. The summed E-state index contributed by atoms with van der Waals surface area (Å²) in [5.74, 6) is 0.919. The van der Waals surface area contributed by atoms with Crippen LogP contribution in [-0.2, 0) is 0 Å². The second-order valence-electron chi connectivity index (χ2n) is 4.97. The summed E-state index contributed by atoms with van der Waals surface area (Å²) in [6.07, 6.45) is 0. The van der Waals surface area contributed by atoms with E-state index < -0.39 is 0 Å². The zero-order valence-electron chi connectivity index (χ0n) is 12.8. The van der Waals surface area contributed by atoms with Gasteiger partial charge in [-0.2, -0.15) is 0 Å². The molecule has 112 valence electrons. The van der Waals surface area contributed by atoms with Gasteiger partial charge in [-0.25, -0.2) is 0 Å². The van der Waals surface area contributed by atoms with E-state index in [-0.39, 0.29) is 6.04 Å². The summed E-state index contributed by atoms with van der Waals surface area (Å²) in [6.45, 7) is 7.65. The van der Waals surface area contributed by atoms with E-state index in [0.29, 0.717) is 6.61 Å². The normalized spacial score (nSPS) is 12.2. The van der Waals surface area contributed by atoms with Crippen LogP contribution in [0.3, 0.4) is 0 Å². The fraction of sp³-hybridized carbons (Fsp3) is 0.333. The van der Waals surface area contributed by atoms with Crippen LogP contribution in [0.1, 0.15) is 36.6 Å². The molecule has 1 unspecified atom stereocenters. The molecule has 2 aromatic carbocycles. The highest BCUT2D eigenvalue weighted by Crippen LogP contribution is 2.31. The first-order valence-corrected chi connectivity index (χ1v) is 7.76. The van der Waals surface area contributed by atoms with Crippen LogP contribution in [-0.4, -0.2) is 13.2 Å². The van der Waals surface area contributed by atoms with Gasteiger partial charge in [-0.05, 0) is 43.7 Å². The molecule has 3 heteroatoms. The maximum atomic E-state index is 6.29. The zero-order chi connectivity index (χ0) is 15.2. The third-order valence-corrected chi connectivity index (χ3v) is 3.87. The maximum absolute atomic E-state index is 6.29. The minimum Gasteiger partial charge on any atom is -0.494 e. The number of halogens is 1. The molecule has 1 N–H and O–H groups in total. The lowest BCUT2D eigenvalue weighted by molar-refractivity contribution is 0.333. The van der Waals surface area contributed by atoms with Crippen molar-refractivity contribution in [3.05, 3.63) is 64.2 Å². The van der Waals surface area contributed by atoms with Crippen molar-refractivity contribution >= 4 is 11.6 Å². The van der Waals surface area contributed by atoms with Crippen LogP contribution in [0.5, 0.6) is 5.75 Å². The van der Waals surface area contributed by atoms with E-state index in [1.807, 2.05) is 38.1 Å². The second-order valence-corrected chi connectivity index (χ2v) is 5.38. The number of benzene rings is 2. The van der Waals surface area contributed by atoms with E-state index in [1.54, 1.807) is 0 Å². The predicted octanol–water partition coefficient (Wildman–Crippen LogP) is 4.75. The third kappa shape index (κ3) is 3.78. The predicted molar refractivity (Wildman–Crippen MR) is 89.3 cm³/mol. The summed E-state index contributed by atoms with van der Waals surface area (Å²) in [5, 5.41) is 4.32. The minimum absolute atomic E-state index is 0.0795. The van der Waals surface area contributed by atoms with Gasteiger partial charge in [-0.3, -0.25) is 0 Å². The SMILES string of the molecule is CCNC(c1ccc(C)c(Cl)c1)c1ccccc1OCC. The lowest BCUT2D eigenvalue weighted by Gasteiger charge is -2.22. The molecule has 0 heterocycles. The summed E-state index contributed by atoms with van der Waals surface area (Å²) in [7, 11) is 0. The van der Waals surface area contributed by atoms with E-state index in [2.05, 4.69) is 30.4 Å². The Kier molecular flexibility index (Phi) is 5.66. The molecule has 1 atom stereocenters. The monoisotopic (exact) mass is 303 g/mol. The lowest BCUT2D eigenvalue weighted by Crippen LogP contribution is -2.22. The van der Waals surface area contributed by atoms with Crippen molar-refractivity contribution in [1.29, 1.82) is 0 Å². The first-order valence-electron chi connectivity index (χ1n) is 7.38. The number of para-hydroxylation sites is 1. The molecule has 0 bridgehead atoms. The highest BCUT2D eigenvalue weighted by Gasteiger charge is 2.17. The zero-order valence-corrected chi connectivity index (χ0v) is 13.6. The van der Waals surface area contributed by atoms with Gasteiger partial charge >= 0.3 is 0 Å². The lowest BCUT2D eigenvalue weighted by atomic mass is 9.97. The van der Waals surface area contributed by atoms with Gasteiger partial charge in [0.05, 0.1) is 12.6 Å². The van der Waals surface area contributed by atoms with Gasteiger partial charge in [0.25, 0.3) is 0 Å². The number of rotatable bonds is 6. The summed E-state index contributed by atoms with van der Waals surface area (Å²) in [6, 6.07) is 14.5. The molecule has 0 radical (unpaired) electrons. The standard InChI is InChI=1S/C18H22ClNO/c1-4-20-18(14-11-10-13(3)16(19)12-14)15-8-6-7-9-17(15)21-5-2/h6-12,18,20H,4-5H2,1-3H3. The van der Waals surface area contributed by atoms with Gasteiger partial charge in [0.15, 0.2) is 0 Å². The quantitative estimate of drug-likeness (QED) is 0.832. The van der Waals surface area contributed by atoms with E-state index in [0.717, 1.165) is 34.0 Å². The van der Waals surface area contributed by atoms with Gasteiger partial charge in [-0.1, -0.05) is 48.9 Å². The molecule has 0 fully saturated rings. The molecule has 0 amide bonds. The number of ether oxygens (including phenoxy) is 1. The van der Waals surface area contributed by atoms with Crippen LogP contribution < -0.4 is 10.1 Å². The topological polar surface area (TPSA) is 21.3 Å². The highest BCUT2D eigenvalue weighted by molar-refractivity contribution is 6.31. The van der Waals surface area contributed by atoms with Crippen molar-refractivity contribution in [3.8, 4) is 5.75 Å². The average Bonchev–Trinajstić information content (AvgIpc) is 2.49. The van der Waals surface area contributed by atoms with Gasteiger partial charge in [-0.15, -0.1) is 0 Å². The van der Waals surface area contributed by atoms with Gasteiger partial charge in [0.1, 0.15) is 5.75 Å². The Morgan fingerprint density at radius 1 is 1.14 bits per heavy atom. The minimum atomic E-state index is 0.0795. The molecule has 2 rings (SSSR count). The molecule has 0 saturated carbocycles. The van der Waals surface area contributed by atoms with E-state index in [4.69, 9.17) is 16.3 Å². The fourth-order valence-electron chi connectivity index (χ4n) is 2.41. The Bertz CT molecular complexity index is 598. The van der Waals surface area contributed by atoms with E-state index >= 15 is 0 Å². The van der Waals surface area contributed by atoms with Crippen LogP contribution in [0, 0.1) is 6.92 Å². The Morgan fingerprint density at radius 3 is 2.57 bits per heavy atom. The first kappa shape index (κ1) is 15.9. The van der Waals surface area contributed by atoms with Crippen LogP contribution >= 0.6 is 11.6 Å². The Morgan fingerprint density at radius 2 is 1.90 bits per heavy atom. The average molecular weight is 304 g/mol. The highest BCUT2D eigenvalue weighted by atomic mass is 35.5. The molecule has 0 aliphatic heterocycles. The van der Waals surface area contributed by atoms with Crippen LogP contribution in [0.15, 0.2) is 42.5 Å². The molecule has 2 nitrogen and oxygen atoms in total. The largest absolute Gasteiger partial charge is 0.494 e. The van der Waals surface area contributed by atoms with Gasteiger partial charge < -0.3 is 10.1 Å². The maximum Gasteiger partial charge on any atom is 0.124 e. The van der Waals surface area contributed by atoms with Crippen molar-refractivity contribution in [2.75, 3.05) is 13.2 Å². The Balaban J connectivity index is 2.45. The molecule has 0 aliphatic carbocycles. The molecular formula is C18H22ClNO.